The van der Waals surface area contributed by atoms with Crippen molar-refractivity contribution in [2.45, 2.75) is 12.4 Å². The lowest BCUT2D eigenvalue weighted by atomic mass is 10.2. The molecule has 3 aromatic rings. The van der Waals surface area contributed by atoms with E-state index >= 15 is 0 Å². The van der Waals surface area contributed by atoms with E-state index in [1.165, 1.54) is 0 Å². The van der Waals surface area contributed by atoms with Gasteiger partial charge in [0.1, 0.15) is 5.82 Å². The molecule has 5 heteroatoms. The molecule has 0 spiro atoms. The van der Waals surface area contributed by atoms with E-state index in [1.807, 2.05) is 42.5 Å². The van der Waals surface area contributed by atoms with Gasteiger partial charge < -0.3 is 4.57 Å². The maximum atomic E-state index is 6.08. The molecule has 1 heterocycles. The van der Waals surface area contributed by atoms with Crippen LogP contribution in [-0.4, -0.2) is 9.55 Å². The molecule has 3 rings (SSSR count). The first-order valence-corrected chi connectivity index (χ1v) is 7.41. The Morgan fingerprint density at radius 2 is 1.80 bits per heavy atom. The highest BCUT2D eigenvalue weighted by atomic mass is 35.5. The van der Waals surface area contributed by atoms with Crippen molar-refractivity contribution in [1.29, 1.82) is 0 Å². The summed E-state index contributed by atoms with van der Waals surface area (Å²) in [6.45, 7) is 0.666. The number of aromatic nitrogens is 2. The molecule has 0 aliphatic heterocycles. The lowest BCUT2D eigenvalue weighted by Crippen LogP contribution is -2.03. The highest BCUT2D eigenvalue weighted by Crippen LogP contribution is 2.23. The summed E-state index contributed by atoms with van der Waals surface area (Å²) < 4.78 is 2.07. The van der Waals surface area contributed by atoms with E-state index in [-0.39, 0.29) is 0 Å². The minimum atomic E-state index is 0.354. The van der Waals surface area contributed by atoms with Gasteiger partial charge in [-0.2, -0.15) is 0 Å². The van der Waals surface area contributed by atoms with E-state index in [9.17, 15) is 0 Å². The Hall–Kier alpha value is -1.22. The number of halogens is 3. The molecule has 0 bridgehead atoms. The molecule has 0 saturated carbocycles. The quantitative estimate of drug-likeness (QED) is 0.610. The molecule has 2 nitrogen and oxygen atoms in total. The third-order valence-electron chi connectivity index (χ3n) is 3.14. The summed E-state index contributed by atoms with van der Waals surface area (Å²) in [7, 11) is 0. The van der Waals surface area contributed by atoms with Gasteiger partial charge in [-0.1, -0.05) is 35.3 Å². The van der Waals surface area contributed by atoms with Crippen LogP contribution in [0.3, 0.4) is 0 Å². The zero-order chi connectivity index (χ0) is 14.1. The number of alkyl halides is 1. The van der Waals surface area contributed by atoms with Crippen LogP contribution in [0.5, 0.6) is 0 Å². The van der Waals surface area contributed by atoms with Crippen molar-refractivity contribution in [3.8, 4) is 0 Å². The summed E-state index contributed by atoms with van der Waals surface area (Å²) in [5.74, 6) is 1.18. The van der Waals surface area contributed by atoms with Gasteiger partial charge in [-0.3, -0.25) is 0 Å². The van der Waals surface area contributed by atoms with Gasteiger partial charge in [-0.25, -0.2) is 4.98 Å². The number of hydrogen-bond acceptors (Lipinski definition) is 1. The summed E-state index contributed by atoms with van der Waals surface area (Å²) in [4.78, 5) is 4.53. The largest absolute Gasteiger partial charge is 0.322 e. The molecule has 1 aromatic heterocycles. The molecule has 0 aliphatic carbocycles. The van der Waals surface area contributed by atoms with E-state index in [4.69, 9.17) is 34.8 Å². The Labute approximate surface area is 131 Å². The van der Waals surface area contributed by atoms with E-state index in [2.05, 4.69) is 9.55 Å². The van der Waals surface area contributed by atoms with Crippen LogP contribution in [0.1, 0.15) is 11.4 Å². The molecule has 0 saturated heterocycles. The lowest BCUT2D eigenvalue weighted by molar-refractivity contribution is 0.779. The normalized spacial score (nSPS) is 11.2. The van der Waals surface area contributed by atoms with Crippen LogP contribution >= 0.6 is 34.8 Å². The maximum Gasteiger partial charge on any atom is 0.125 e. The van der Waals surface area contributed by atoms with Crippen LogP contribution < -0.4 is 0 Å². The summed E-state index contributed by atoms with van der Waals surface area (Å²) in [6.07, 6.45) is 0. The van der Waals surface area contributed by atoms with Gasteiger partial charge in [0.15, 0.2) is 0 Å². The van der Waals surface area contributed by atoms with Crippen LogP contribution in [0.25, 0.3) is 11.0 Å². The van der Waals surface area contributed by atoms with Crippen molar-refractivity contribution in [2.24, 2.45) is 0 Å². The fourth-order valence-electron chi connectivity index (χ4n) is 2.24. The molecule has 102 valence electrons. The number of fused-ring (bicyclic) bond motifs is 1. The number of nitrogens with zero attached hydrogens (tertiary/aromatic N) is 2. The Balaban J connectivity index is 2.11. The van der Waals surface area contributed by atoms with Gasteiger partial charge in [0.05, 0.1) is 16.9 Å². The van der Waals surface area contributed by atoms with Gasteiger partial charge in [0.2, 0.25) is 0 Å². The van der Waals surface area contributed by atoms with Gasteiger partial charge in [-0.05, 0) is 35.9 Å². The van der Waals surface area contributed by atoms with E-state index in [0.29, 0.717) is 17.4 Å². The second-order valence-corrected chi connectivity index (χ2v) is 5.65. The topological polar surface area (TPSA) is 17.8 Å². The van der Waals surface area contributed by atoms with Crippen LogP contribution in [0.4, 0.5) is 0 Å². The standard InChI is InChI=1S/C15H11Cl3N2/c16-8-15-19-13-5-4-12(18)7-14(13)20(15)9-10-2-1-3-11(17)6-10/h1-7H,8-9H2. The Morgan fingerprint density at radius 3 is 2.55 bits per heavy atom. The third-order valence-corrected chi connectivity index (χ3v) is 3.85. The summed E-state index contributed by atoms with van der Waals surface area (Å²) >= 11 is 18.1. The Kier molecular flexibility index (Phi) is 3.88. The minimum absolute atomic E-state index is 0.354. The van der Waals surface area contributed by atoms with Crippen LogP contribution in [-0.2, 0) is 12.4 Å². The molecule has 0 atom stereocenters. The summed E-state index contributed by atoms with van der Waals surface area (Å²) in [5.41, 5.74) is 2.98. The van der Waals surface area contributed by atoms with Gasteiger partial charge >= 0.3 is 0 Å². The SMILES string of the molecule is ClCc1nc2ccc(Cl)cc2n1Cc1cccc(Cl)c1. The van der Waals surface area contributed by atoms with Crippen LogP contribution in [0.15, 0.2) is 42.5 Å². The average molecular weight is 326 g/mol. The fourth-order valence-corrected chi connectivity index (χ4v) is 2.83. The molecule has 2 aromatic carbocycles. The predicted octanol–water partition coefficient (Wildman–Crippen LogP) is 5.13. The molecular weight excluding hydrogens is 315 g/mol. The van der Waals surface area contributed by atoms with Crippen LogP contribution in [0.2, 0.25) is 10.0 Å². The molecule has 20 heavy (non-hydrogen) atoms. The van der Waals surface area contributed by atoms with Crippen molar-refractivity contribution in [3.63, 3.8) is 0 Å². The van der Waals surface area contributed by atoms with Crippen LogP contribution in [0, 0.1) is 0 Å². The van der Waals surface area contributed by atoms with Gasteiger partial charge in [0, 0.05) is 16.6 Å². The average Bonchev–Trinajstić information content (AvgIpc) is 2.76. The summed E-state index contributed by atoms with van der Waals surface area (Å²) in [5, 5.41) is 1.41. The lowest BCUT2D eigenvalue weighted by Gasteiger charge is -2.08. The highest BCUT2D eigenvalue weighted by molar-refractivity contribution is 6.31. The van der Waals surface area contributed by atoms with Crippen molar-refractivity contribution in [2.75, 3.05) is 0 Å². The minimum Gasteiger partial charge on any atom is -0.322 e. The molecule has 0 unspecified atom stereocenters. The number of hydrogen-bond donors (Lipinski definition) is 0. The monoisotopic (exact) mass is 324 g/mol. The second-order valence-electron chi connectivity index (χ2n) is 4.51. The van der Waals surface area contributed by atoms with E-state index in [0.717, 1.165) is 27.4 Å². The van der Waals surface area contributed by atoms with Crippen molar-refractivity contribution >= 4 is 45.8 Å². The zero-order valence-corrected chi connectivity index (χ0v) is 12.8. The maximum absolute atomic E-state index is 6.08. The first-order chi connectivity index (χ1) is 9.67. The second kappa shape index (κ2) is 5.65. The smallest absolute Gasteiger partial charge is 0.125 e. The van der Waals surface area contributed by atoms with Gasteiger partial charge in [-0.15, -0.1) is 11.6 Å². The Morgan fingerprint density at radius 1 is 1.00 bits per heavy atom. The Bertz CT molecular complexity index is 765. The number of rotatable bonds is 3. The highest BCUT2D eigenvalue weighted by Gasteiger charge is 2.11. The fraction of sp³-hybridized carbons (Fsp3) is 0.133. The molecule has 0 fully saturated rings. The molecule has 0 amide bonds. The van der Waals surface area contributed by atoms with Crippen molar-refractivity contribution in [1.82, 2.24) is 9.55 Å². The van der Waals surface area contributed by atoms with E-state index < -0.39 is 0 Å². The zero-order valence-electron chi connectivity index (χ0n) is 10.5. The summed E-state index contributed by atoms with van der Waals surface area (Å²) in [6, 6.07) is 13.4. The van der Waals surface area contributed by atoms with Crippen molar-refractivity contribution < 1.29 is 0 Å². The molecule has 0 aliphatic rings. The third kappa shape index (κ3) is 2.64. The molecule has 0 N–H and O–H groups in total. The van der Waals surface area contributed by atoms with Gasteiger partial charge in [0.25, 0.3) is 0 Å². The first kappa shape index (κ1) is 13.7. The van der Waals surface area contributed by atoms with E-state index in [1.54, 1.807) is 0 Å². The molecule has 0 radical (unpaired) electrons. The predicted molar refractivity (Wildman–Crippen MR) is 84.9 cm³/mol. The number of benzene rings is 2. The molecular formula is C15H11Cl3N2. The van der Waals surface area contributed by atoms with Crippen molar-refractivity contribution in [3.05, 3.63) is 63.9 Å². The first-order valence-electron chi connectivity index (χ1n) is 6.12. The number of imidazole rings is 1.